The topological polar surface area (TPSA) is 58.6 Å². The van der Waals surface area contributed by atoms with Gasteiger partial charge in [-0.3, -0.25) is 9.59 Å². The zero-order valence-electron chi connectivity index (χ0n) is 17.7. The van der Waals surface area contributed by atoms with Crippen molar-refractivity contribution >= 4 is 61.7 Å². The molecule has 2 amide bonds. The van der Waals surface area contributed by atoms with Crippen molar-refractivity contribution in [3.63, 3.8) is 0 Å². The average Bonchev–Trinajstić information content (AvgIpc) is 2.80. The van der Waals surface area contributed by atoms with Crippen molar-refractivity contribution < 1.29 is 14.3 Å². The lowest BCUT2D eigenvalue weighted by molar-refractivity contribution is -0.142. The fourth-order valence-electron chi connectivity index (χ4n) is 3.47. The predicted octanol–water partition coefficient (Wildman–Crippen LogP) is 5.84. The van der Waals surface area contributed by atoms with Crippen LogP contribution in [0.1, 0.15) is 18.9 Å². The van der Waals surface area contributed by atoms with Crippen LogP contribution in [-0.2, 0) is 16.1 Å². The number of carbonyl (C=O) groups excluding carboxylic acids is 2. The maximum Gasteiger partial charge on any atom is 0.261 e. The van der Waals surface area contributed by atoms with Crippen LogP contribution in [-0.4, -0.2) is 36.4 Å². The van der Waals surface area contributed by atoms with E-state index < -0.39 is 6.04 Å². The second-order valence-corrected chi connectivity index (χ2v) is 8.80. The summed E-state index contributed by atoms with van der Waals surface area (Å²) in [6, 6.07) is 16.1. The Morgan fingerprint density at radius 3 is 2.53 bits per heavy atom. The van der Waals surface area contributed by atoms with Crippen LogP contribution >= 0.6 is 39.1 Å². The molecule has 0 aliphatic rings. The minimum absolute atomic E-state index is 0.198. The van der Waals surface area contributed by atoms with Crippen molar-refractivity contribution in [3.05, 3.63) is 74.7 Å². The third kappa shape index (κ3) is 5.55. The third-order valence-corrected chi connectivity index (χ3v) is 6.71. The van der Waals surface area contributed by atoms with Gasteiger partial charge in [-0.1, -0.05) is 66.5 Å². The smallest absolute Gasteiger partial charge is 0.261 e. The monoisotopic (exact) mass is 536 g/mol. The van der Waals surface area contributed by atoms with Gasteiger partial charge in [0.1, 0.15) is 11.8 Å². The SMILES string of the molecule is CC[C@H](C(=O)NC)N(Cc1ccc(Cl)c(Cl)c1)C(=O)COc1ccc2ccccc2c1Br. The van der Waals surface area contributed by atoms with Gasteiger partial charge in [-0.25, -0.2) is 0 Å². The van der Waals surface area contributed by atoms with E-state index in [1.807, 2.05) is 43.3 Å². The molecule has 0 bridgehead atoms. The number of hydrogen-bond acceptors (Lipinski definition) is 3. The lowest BCUT2D eigenvalue weighted by Crippen LogP contribution is -2.49. The zero-order valence-corrected chi connectivity index (χ0v) is 20.8. The Bertz CT molecular complexity index is 1140. The fourth-order valence-corrected chi connectivity index (χ4v) is 4.40. The van der Waals surface area contributed by atoms with Crippen LogP contribution in [0.25, 0.3) is 10.8 Å². The van der Waals surface area contributed by atoms with Crippen LogP contribution < -0.4 is 10.1 Å². The Morgan fingerprint density at radius 1 is 1.09 bits per heavy atom. The maximum absolute atomic E-state index is 13.2. The quantitative estimate of drug-likeness (QED) is 0.392. The van der Waals surface area contributed by atoms with Gasteiger partial charge >= 0.3 is 0 Å². The summed E-state index contributed by atoms with van der Waals surface area (Å²) in [7, 11) is 1.55. The van der Waals surface area contributed by atoms with Gasteiger partial charge in [-0.05, 0) is 56.9 Å². The van der Waals surface area contributed by atoms with Crippen molar-refractivity contribution in [3.8, 4) is 5.75 Å². The van der Waals surface area contributed by atoms with Crippen LogP contribution in [0.2, 0.25) is 10.0 Å². The number of rotatable bonds is 8. The van der Waals surface area contributed by atoms with Gasteiger partial charge in [0, 0.05) is 13.6 Å². The Balaban J connectivity index is 1.83. The number of carbonyl (C=O) groups is 2. The Hall–Kier alpha value is -2.28. The van der Waals surface area contributed by atoms with Crippen molar-refractivity contribution in [2.45, 2.75) is 25.9 Å². The van der Waals surface area contributed by atoms with E-state index in [-0.39, 0.29) is 25.0 Å². The molecule has 3 aromatic rings. The summed E-state index contributed by atoms with van der Waals surface area (Å²) in [5.41, 5.74) is 0.766. The number of fused-ring (bicyclic) bond motifs is 1. The van der Waals surface area contributed by atoms with E-state index in [2.05, 4.69) is 21.2 Å². The zero-order chi connectivity index (χ0) is 23.3. The molecule has 0 heterocycles. The number of ether oxygens (including phenoxy) is 1. The number of benzene rings is 3. The fraction of sp³-hybridized carbons (Fsp3) is 0.250. The van der Waals surface area contributed by atoms with E-state index >= 15 is 0 Å². The second kappa shape index (κ2) is 11.0. The largest absolute Gasteiger partial charge is 0.483 e. The maximum atomic E-state index is 13.2. The van der Waals surface area contributed by atoms with E-state index in [4.69, 9.17) is 27.9 Å². The average molecular weight is 538 g/mol. The van der Waals surface area contributed by atoms with Crippen molar-refractivity contribution in [2.24, 2.45) is 0 Å². The highest BCUT2D eigenvalue weighted by molar-refractivity contribution is 9.10. The van der Waals surface area contributed by atoms with Crippen LogP contribution in [0.15, 0.2) is 59.1 Å². The molecule has 0 radical (unpaired) electrons. The van der Waals surface area contributed by atoms with Gasteiger partial charge in [-0.2, -0.15) is 0 Å². The molecule has 3 rings (SSSR count). The second-order valence-electron chi connectivity index (χ2n) is 7.20. The third-order valence-electron chi connectivity index (χ3n) is 5.15. The number of halogens is 3. The summed E-state index contributed by atoms with van der Waals surface area (Å²) in [6.07, 6.45) is 0.451. The Morgan fingerprint density at radius 2 is 1.84 bits per heavy atom. The summed E-state index contributed by atoms with van der Waals surface area (Å²) in [5, 5.41) is 5.50. The van der Waals surface area contributed by atoms with Gasteiger partial charge < -0.3 is 15.0 Å². The molecule has 0 aliphatic carbocycles. The molecular weight excluding hydrogens is 515 g/mol. The number of amides is 2. The molecule has 168 valence electrons. The number of nitrogens with one attached hydrogen (secondary N) is 1. The molecule has 1 atom stereocenters. The van der Waals surface area contributed by atoms with E-state index in [9.17, 15) is 9.59 Å². The molecule has 0 fully saturated rings. The number of nitrogens with zero attached hydrogens (tertiary/aromatic N) is 1. The highest BCUT2D eigenvalue weighted by atomic mass is 79.9. The van der Waals surface area contributed by atoms with Crippen molar-refractivity contribution in [1.82, 2.24) is 10.2 Å². The highest BCUT2D eigenvalue weighted by Gasteiger charge is 2.28. The van der Waals surface area contributed by atoms with E-state index in [0.717, 1.165) is 20.8 Å². The highest BCUT2D eigenvalue weighted by Crippen LogP contribution is 2.33. The van der Waals surface area contributed by atoms with Crippen molar-refractivity contribution in [1.29, 1.82) is 0 Å². The first-order valence-electron chi connectivity index (χ1n) is 10.1. The molecule has 0 unspecified atom stereocenters. The first-order valence-corrected chi connectivity index (χ1v) is 11.7. The summed E-state index contributed by atoms with van der Waals surface area (Å²) in [5.74, 6) is -0.00101. The first-order chi connectivity index (χ1) is 15.3. The van der Waals surface area contributed by atoms with Gasteiger partial charge in [0.05, 0.1) is 14.5 Å². The normalized spacial score (nSPS) is 11.8. The molecule has 3 aromatic carbocycles. The molecule has 8 heteroatoms. The first kappa shape index (κ1) is 24.4. The van der Waals surface area contributed by atoms with Crippen LogP contribution in [0.5, 0.6) is 5.75 Å². The van der Waals surface area contributed by atoms with E-state index in [1.165, 1.54) is 4.90 Å². The van der Waals surface area contributed by atoms with Crippen LogP contribution in [0.4, 0.5) is 0 Å². The minimum Gasteiger partial charge on any atom is -0.483 e. The summed E-state index contributed by atoms with van der Waals surface area (Å²) < 4.78 is 6.64. The van der Waals surface area contributed by atoms with Gasteiger partial charge in [0.2, 0.25) is 5.91 Å². The molecule has 0 saturated heterocycles. The number of likely N-dealkylation sites (N-methyl/N-ethyl adjacent to an activating group) is 1. The summed E-state index contributed by atoms with van der Waals surface area (Å²) >= 11 is 15.7. The Labute approximate surface area is 205 Å². The predicted molar refractivity (Wildman–Crippen MR) is 132 cm³/mol. The van der Waals surface area contributed by atoms with Gasteiger partial charge in [0.15, 0.2) is 6.61 Å². The molecule has 5 nitrogen and oxygen atoms in total. The van der Waals surface area contributed by atoms with E-state index in [1.54, 1.807) is 25.2 Å². The lowest BCUT2D eigenvalue weighted by Gasteiger charge is -2.30. The molecule has 1 N–H and O–H groups in total. The molecule has 0 aliphatic heterocycles. The van der Waals surface area contributed by atoms with Crippen LogP contribution in [0.3, 0.4) is 0 Å². The summed E-state index contributed by atoms with van der Waals surface area (Å²) in [6.45, 7) is 1.84. The Kier molecular flexibility index (Phi) is 8.40. The number of hydrogen-bond donors (Lipinski definition) is 1. The summed E-state index contributed by atoms with van der Waals surface area (Å²) in [4.78, 5) is 27.2. The van der Waals surface area contributed by atoms with Crippen LogP contribution in [0, 0.1) is 0 Å². The van der Waals surface area contributed by atoms with E-state index in [0.29, 0.717) is 22.2 Å². The standard InChI is InChI=1S/C24H23BrCl2N2O3/c1-3-20(24(31)28-2)29(13-15-8-10-18(26)19(27)12-15)22(30)14-32-21-11-9-16-6-4-5-7-17(16)23(21)25/h4-12,20H,3,13-14H2,1-2H3,(H,28,31)/t20-/m1/s1. The lowest BCUT2D eigenvalue weighted by atomic mass is 10.1. The van der Waals surface area contributed by atoms with Crippen molar-refractivity contribution in [2.75, 3.05) is 13.7 Å². The molecule has 0 saturated carbocycles. The minimum atomic E-state index is -0.648. The molecular formula is C24H23BrCl2N2O3. The molecule has 32 heavy (non-hydrogen) atoms. The van der Waals surface area contributed by atoms with Gasteiger partial charge in [-0.15, -0.1) is 0 Å². The van der Waals surface area contributed by atoms with Gasteiger partial charge in [0.25, 0.3) is 5.91 Å². The molecule has 0 spiro atoms. The molecule has 0 aromatic heterocycles.